The van der Waals surface area contributed by atoms with Crippen molar-refractivity contribution in [1.82, 2.24) is 10.2 Å². The van der Waals surface area contributed by atoms with Gasteiger partial charge in [-0.05, 0) is 71.9 Å². The molecule has 0 radical (unpaired) electrons. The third-order valence-electron chi connectivity index (χ3n) is 7.62. The molecule has 1 N–H and O–H groups in total. The van der Waals surface area contributed by atoms with Crippen LogP contribution in [0.4, 0.5) is 0 Å². The fraction of sp³-hybridized carbons (Fsp3) is 0.552. The third-order valence-corrected chi connectivity index (χ3v) is 7.62. The van der Waals surface area contributed by atoms with E-state index in [1.54, 1.807) is 0 Å². The highest BCUT2D eigenvalue weighted by Crippen LogP contribution is 2.38. The van der Waals surface area contributed by atoms with Crippen LogP contribution in [0, 0.1) is 23.7 Å². The van der Waals surface area contributed by atoms with E-state index in [2.05, 4.69) is 85.8 Å². The van der Waals surface area contributed by atoms with Gasteiger partial charge in [0.1, 0.15) is 6.29 Å². The maximum Gasteiger partial charge on any atom is 0.120 e. The Kier molecular flexibility index (Phi) is 7.35. The number of carbonyl (C=O) groups excluding carboxylic acids is 1. The summed E-state index contributed by atoms with van der Waals surface area (Å²) in [4.78, 5) is 13.7. The van der Waals surface area contributed by atoms with Gasteiger partial charge in [-0.15, -0.1) is 0 Å². The lowest BCUT2D eigenvalue weighted by molar-refractivity contribution is -0.108. The molecule has 1 aromatic rings. The molecule has 2 heterocycles. The van der Waals surface area contributed by atoms with E-state index in [-0.39, 0.29) is 5.41 Å². The molecule has 4 atom stereocenters. The second-order valence-corrected chi connectivity index (χ2v) is 11.0. The van der Waals surface area contributed by atoms with Crippen molar-refractivity contribution in [1.29, 1.82) is 0 Å². The quantitative estimate of drug-likeness (QED) is 0.591. The van der Waals surface area contributed by atoms with Gasteiger partial charge in [-0.25, -0.2) is 0 Å². The number of hydrogen-bond donors (Lipinski definition) is 1. The van der Waals surface area contributed by atoms with Crippen LogP contribution >= 0.6 is 0 Å². The molecule has 4 rings (SSSR count). The third kappa shape index (κ3) is 5.61. The minimum absolute atomic E-state index is 0.195. The van der Waals surface area contributed by atoms with Crippen LogP contribution in [0.3, 0.4) is 0 Å². The molecule has 1 saturated heterocycles. The molecule has 1 fully saturated rings. The molecule has 2 aliphatic heterocycles. The number of allylic oxidation sites excluding steroid dienone is 4. The molecular weight excluding hydrogens is 392 g/mol. The van der Waals surface area contributed by atoms with Crippen molar-refractivity contribution in [3.63, 3.8) is 0 Å². The monoisotopic (exact) mass is 432 g/mol. The Morgan fingerprint density at radius 2 is 1.94 bits per heavy atom. The van der Waals surface area contributed by atoms with Crippen molar-refractivity contribution >= 4 is 6.29 Å². The van der Waals surface area contributed by atoms with E-state index in [1.807, 2.05) is 0 Å². The zero-order valence-electron chi connectivity index (χ0n) is 20.1. The van der Waals surface area contributed by atoms with E-state index >= 15 is 0 Å². The molecule has 0 amide bonds. The maximum absolute atomic E-state index is 11.1. The van der Waals surface area contributed by atoms with Crippen molar-refractivity contribution in [2.24, 2.45) is 23.7 Å². The number of likely N-dealkylation sites (tertiary alicyclic amines) is 1. The first-order valence-electron chi connectivity index (χ1n) is 12.5. The van der Waals surface area contributed by atoms with E-state index in [9.17, 15) is 4.79 Å². The van der Waals surface area contributed by atoms with E-state index < -0.39 is 0 Å². The summed E-state index contributed by atoms with van der Waals surface area (Å²) in [7, 11) is 0. The highest BCUT2D eigenvalue weighted by molar-refractivity contribution is 5.49. The smallest absolute Gasteiger partial charge is 0.120 e. The zero-order chi connectivity index (χ0) is 22.6. The van der Waals surface area contributed by atoms with Crippen LogP contribution in [0.25, 0.3) is 0 Å². The summed E-state index contributed by atoms with van der Waals surface area (Å²) in [5, 5.41) is 3.39. The van der Waals surface area contributed by atoms with Gasteiger partial charge in [-0.1, -0.05) is 69.3 Å². The molecule has 3 aliphatic rings. The summed E-state index contributed by atoms with van der Waals surface area (Å²) in [6, 6.07) is 9.20. The zero-order valence-corrected chi connectivity index (χ0v) is 20.1. The SMILES string of the molecule is CC(C)(C)c1ccc(CN2CCC(CCC=O)C(C3=CC4C=CNCCC4C=C3)C2)cc1. The van der Waals surface area contributed by atoms with Gasteiger partial charge in [-0.2, -0.15) is 0 Å². The molecule has 3 nitrogen and oxygen atoms in total. The average molecular weight is 433 g/mol. The molecular formula is C29H40N2O. The normalized spacial score (nSPS) is 28.4. The topological polar surface area (TPSA) is 32.3 Å². The summed E-state index contributed by atoms with van der Waals surface area (Å²) < 4.78 is 0. The molecule has 1 aromatic carbocycles. The Bertz CT molecular complexity index is 858. The Morgan fingerprint density at radius 3 is 2.69 bits per heavy atom. The van der Waals surface area contributed by atoms with Gasteiger partial charge in [0.25, 0.3) is 0 Å². The fourth-order valence-corrected chi connectivity index (χ4v) is 5.60. The first-order chi connectivity index (χ1) is 15.4. The Hall–Kier alpha value is -2.13. The number of aldehydes is 1. The minimum Gasteiger partial charge on any atom is -0.391 e. The lowest BCUT2D eigenvalue weighted by Crippen LogP contribution is -2.41. The van der Waals surface area contributed by atoms with Crippen LogP contribution in [0.15, 0.2) is 60.3 Å². The van der Waals surface area contributed by atoms with Crippen LogP contribution in [0.1, 0.15) is 57.6 Å². The van der Waals surface area contributed by atoms with Crippen molar-refractivity contribution < 1.29 is 4.79 Å². The first-order valence-corrected chi connectivity index (χ1v) is 12.5. The summed E-state index contributed by atoms with van der Waals surface area (Å²) >= 11 is 0. The lowest BCUT2D eigenvalue weighted by Gasteiger charge is -2.40. The van der Waals surface area contributed by atoms with E-state index in [0.29, 0.717) is 30.1 Å². The number of benzene rings is 1. The van der Waals surface area contributed by atoms with Gasteiger partial charge < -0.3 is 10.1 Å². The number of piperidine rings is 1. The van der Waals surface area contributed by atoms with Crippen molar-refractivity contribution in [3.05, 3.63) is 71.5 Å². The molecule has 32 heavy (non-hydrogen) atoms. The van der Waals surface area contributed by atoms with Crippen molar-refractivity contribution in [2.75, 3.05) is 19.6 Å². The van der Waals surface area contributed by atoms with Crippen LogP contribution in [0.2, 0.25) is 0 Å². The highest BCUT2D eigenvalue weighted by atomic mass is 16.1. The Labute approximate surface area is 194 Å². The molecule has 0 aromatic heterocycles. The molecule has 4 unspecified atom stereocenters. The van der Waals surface area contributed by atoms with Gasteiger partial charge in [-0.3, -0.25) is 4.90 Å². The number of fused-ring (bicyclic) bond motifs is 1. The first kappa shape index (κ1) is 23.0. The number of hydrogen-bond acceptors (Lipinski definition) is 3. The molecule has 3 heteroatoms. The number of carbonyl (C=O) groups is 1. The van der Waals surface area contributed by atoms with Crippen molar-refractivity contribution in [2.45, 2.75) is 58.4 Å². The maximum atomic E-state index is 11.1. The number of nitrogens with zero attached hydrogens (tertiary/aromatic N) is 1. The summed E-state index contributed by atoms with van der Waals surface area (Å²) in [6.45, 7) is 11.1. The van der Waals surface area contributed by atoms with Crippen LogP contribution in [0.5, 0.6) is 0 Å². The molecule has 0 spiro atoms. The van der Waals surface area contributed by atoms with Gasteiger partial charge in [0.05, 0.1) is 0 Å². The molecule has 0 bridgehead atoms. The minimum atomic E-state index is 0.195. The van der Waals surface area contributed by atoms with Crippen LogP contribution in [-0.4, -0.2) is 30.8 Å². The highest BCUT2D eigenvalue weighted by Gasteiger charge is 2.33. The predicted octanol–water partition coefficient (Wildman–Crippen LogP) is 5.64. The largest absolute Gasteiger partial charge is 0.391 e. The molecule has 1 aliphatic carbocycles. The van der Waals surface area contributed by atoms with E-state index in [4.69, 9.17) is 0 Å². The average Bonchev–Trinajstić information content (AvgIpc) is 3.03. The lowest BCUT2D eigenvalue weighted by atomic mass is 9.73. The van der Waals surface area contributed by atoms with Gasteiger partial charge >= 0.3 is 0 Å². The van der Waals surface area contributed by atoms with Crippen LogP contribution < -0.4 is 5.32 Å². The number of rotatable bonds is 6. The van der Waals surface area contributed by atoms with Gasteiger partial charge in [0.15, 0.2) is 0 Å². The van der Waals surface area contributed by atoms with Crippen molar-refractivity contribution in [3.8, 4) is 0 Å². The standard InChI is InChI=1S/C29H40N2O/c1-29(2,3)27-10-6-22(7-11-27)20-31-17-14-24(5-4-18-32)28(21-31)26-9-8-23-12-15-30-16-13-25(23)19-26/h6-11,13,16,18-19,23-25,28,30H,4-5,12,14-15,17,20-21H2,1-3H3. The second-order valence-electron chi connectivity index (χ2n) is 11.0. The Morgan fingerprint density at radius 1 is 1.12 bits per heavy atom. The Balaban J connectivity index is 1.48. The second kappa shape index (κ2) is 10.2. The van der Waals surface area contributed by atoms with Gasteiger partial charge in [0, 0.05) is 32.0 Å². The summed E-state index contributed by atoms with van der Waals surface area (Å²) in [5.41, 5.74) is 4.47. The summed E-state index contributed by atoms with van der Waals surface area (Å²) in [6.07, 6.45) is 17.0. The fourth-order valence-electron chi connectivity index (χ4n) is 5.60. The molecule has 0 saturated carbocycles. The predicted molar refractivity (Wildman–Crippen MR) is 133 cm³/mol. The number of nitrogens with one attached hydrogen (secondary N) is 1. The summed E-state index contributed by atoms with van der Waals surface area (Å²) in [5.74, 6) is 2.22. The van der Waals surface area contributed by atoms with E-state index in [1.165, 1.54) is 29.5 Å². The van der Waals surface area contributed by atoms with Gasteiger partial charge in [0.2, 0.25) is 0 Å². The van der Waals surface area contributed by atoms with Crippen LogP contribution in [-0.2, 0) is 16.8 Å². The van der Waals surface area contributed by atoms with E-state index in [0.717, 1.165) is 38.9 Å². The molecule has 172 valence electrons.